The van der Waals surface area contributed by atoms with E-state index in [-0.39, 0.29) is 5.91 Å². The van der Waals surface area contributed by atoms with E-state index in [1.807, 2.05) is 26.0 Å². The smallest absolute Gasteiger partial charge is 0.240 e. The number of nitrogens with zero attached hydrogens (tertiary/aromatic N) is 2. The van der Waals surface area contributed by atoms with Gasteiger partial charge in [-0.3, -0.25) is 4.79 Å². The van der Waals surface area contributed by atoms with E-state index in [2.05, 4.69) is 24.4 Å². The first-order valence-corrected chi connectivity index (χ1v) is 9.00. The average molecular weight is 327 g/mol. The van der Waals surface area contributed by atoms with Crippen LogP contribution < -0.4 is 10.2 Å². The molecule has 4 heteroatoms. The lowest BCUT2D eigenvalue weighted by molar-refractivity contribution is -0.118. The van der Waals surface area contributed by atoms with Crippen LogP contribution in [0.15, 0.2) is 18.2 Å². The third kappa shape index (κ3) is 5.07. The molecule has 1 saturated carbocycles. The lowest BCUT2D eigenvalue weighted by Gasteiger charge is -2.30. The number of rotatable bonds is 6. The van der Waals surface area contributed by atoms with E-state index >= 15 is 0 Å². The average Bonchev–Trinajstić information content (AvgIpc) is 2.53. The van der Waals surface area contributed by atoms with Crippen molar-refractivity contribution < 1.29 is 4.79 Å². The van der Waals surface area contributed by atoms with E-state index in [1.165, 1.54) is 19.3 Å². The first-order chi connectivity index (χ1) is 11.5. The molecule has 0 aliphatic heterocycles. The molecule has 0 radical (unpaired) electrons. The standard InChI is InChI=1S/C20H29N3O/c1-15-11-16(2)13-18(12-15)23(10-6-9-21)20(24)14-22-19-8-5-4-7-17(19)3/h11-13,17,19,22H,4-8,10,14H2,1-3H3. The number of nitrogens with one attached hydrogen (secondary N) is 1. The Kier molecular flexibility index (Phi) is 6.81. The van der Waals surface area contributed by atoms with Crippen LogP contribution in [-0.4, -0.2) is 25.0 Å². The number of hydrogen-bond donors (Lipinski definition) is 1. The molecule has 1 N–H and O–H groups in total. The number of amides is 1. The predicted octanol–water partition coefficient (Wildman–Crippen LogP) is 3.72. The molecule has 0 heterocycles. The van der Waals surface area contributed by atoms with Crippen LogP contribution >= 0.6 is 0 Å². The van der Waals surface area contributed by atoms with Crippen molar-refractivity contribution in [2.45, 2.75) is 58.9 Å². The van der Waals surface area contributed by atoms with Crippen LogP contribution in [0.4, 0.5) is 5.69 Å². The molecular weight excluding hydrogens is 298 g/mol. The van der Waals surface area contributed by atoms with E-state index in [0.717, 1.165) is 23.2 Å². The van der Waals surface area contributed by atoms with Crippen LogP contribution in [-0.2, 0) is 4.79 Å². The van der Waals surface area contributed by atoms with Gasteiger partial charge in [-0.1, -0.05) is 25.8 Å². The maximum absolute atomic E-state index is 12.8. The number of anilines is 1. The van der Waals surface area contributed by atoms with Crippen LogP contribution in [0, 0.1) is 31.1 Å². The van der Waals surface area contributed by atoms with Crippen LogP contribution in [0.5, 0.6) is 0 Å². The quantitative estimate of drug-likeness (QED) is 0.866. The molecule has 1 aromatic carbocycles. The van der Waals surface area contributed by atoms with Crippen molar-refractivity contribution >= 4 is 11.6 Å². The molecule has 2 rings (SSSR count). The minimum Gasteiger partial charge on any atom is -0.310 e. The maximum atomic E-state index is 12.8. The zero-order valence-electron chi connectivity index (χ0n) is 15.1. The third-order valence-corrected chi connectivity index (χ3v) is 4.89. The van der Waals surface area contributed by atoms with Crippen molar-refractivity contribution in [3.8, 4) is 6.07 Å². The molecule has 0 aromatic heterocycles. The highest BCUT2D eigenvalue weighted by atomic mass is 16.2. The van der Waals surface area contributed by atoms with Crippen molar-refractivity contribution in [1.82, 2.24) is 5.32 Å². The molecule has 1 fully saturated rings. The summed E-state index contributed by atoms with van der Waals surface area (Å²) in [6, 6.07) is 8.71. The second-order valence-corrected chi connectivity index (χ2v) is 7.05. The largest absolute Gasteiger partial charge is 0.310 e. The highest BCUT2D eigenvalue weighted by Gasteiger charge is 2.23. The Balaban J connectivity index is 2.06. The van der Waals surface area contributed by atoms with E-state index in [9.17, 15) is 4.79 Å². The van der Waals surface area contributed by atoms with Gasteiger partial charge < -0.3 is 10.2 Å². The Morgan fingerprint density at radius 2 is 1.92 bits per heavy atom. The Labute approximate surface area is 145 Å². The van der Waals surface area contributed by atoms with Crippen LogP contribution in [0.3, 0.4) is 0 Å². The summed E-state index contributed by atoms with van der Waals surface area (Å²) in [6.07, 6.45) is 5.27. The molecule has 0 bridgehead atoms. The van der Waals surface area contributed by atoms with Crippen molar-refractivity contribution in [3.05, 3.63) is 29.3 Å². The maximum Gasteiger partial charge on any atom is 0.240 e. The molecule has 1 aromatic rings. The molecule has 2 atom stereocenters. The number of hydrogen-bond acceptors (Lipinski definition) is 3. The van der Waals surface area contributed by atoms with E-state index in [0.29, 0.717) is 31.5 Å². The van der Waals surface area contributed by atoms with E-state index in [4.69, 9.17) is 5.26 Å². The summed E-state index contributed by atoms with van der Waals surface area (Å²) in [7, 11) is 0. The van der Waals surface area contributed by atoms with Crippen LogP contribution in [0.1, 0.15) is 50.2 Å². The van der Waals surface area contributed by atoms with Gasteiger partial charge in [-0.05, 0) is 55.9 Å². The van der Waals surface area contributed by atoms with E-state index in [1.54, 1.807) is 4.90 Å². The molecule has 24 heavy (non-hydrogen) atoms. The fourth-order valence-electron chi connectivity index (χ4n) is 3.60. The molecule has 0 saturated heterocycles. The normalized spacial score (nSPS) is 20.4. The predicted molar refractivity (Wildman–Crippen MR) is 97.9 cm³/mol. The topological polar surface area (TPSA) is 56.1 Å². The van der Waals surface area contributed by atoms with Gasteiger partial charge in [0.25, 0.3) is 0 Å². The Morgan fingerprint density at radius 1 is 1.25 bits per heavy atom. The fourth-order valence-corrected chi connectivity index (χ4v) is 3.60. The van der Waals surface area contributed by atoms with E-state index < -0.39 is 0 Å². The van der Waals surface area contributed by atoms with Crippen LogP contribution in [0.2, 0.25) is 0 Å². The second kappa shape index (κ2) is 8.84. The van der Waals surface area contributed by atoms with Crippen molar-refractivity contribution in [1.29, 1.82) is 5.26 Å². The van der Waals surface area contributed by atoms with Gasteiger partial charge in [0, 0.05) is 18.3 Å². The lowest BCUT2D eigenvalue weighted by Crippen LogP contribution is -2.45. The second-order valence-electron chi connectivity index (χ2n) is 7.05. The molecule has 1 aliphatic carbocycles. The van der Waals surface area contributed by atoms with Gasteiger partial charge in [0.15, 0.2) is 0 Å². The first kappa shape index (κ1) is 18.5. The summed E-state index contributed by atoms with van der Waals surface area (Å²) in [5, 5.41) is 12.4. The van der Waals surface area contributed by atoms with Gasteiger partial charge in [-0.25, -0.2) is 0 Å². The molecule has 0 spiro atoms. The summed E-state index contributed by atoms with van der Waals surface area (Å²) in [5.74, 6) is 0.674. The SMILES string of the molecule is Cc1cc(C)cc(N(CCC#N)C(=O)CNC2CCCCC2C)c1. The Hall–Kier alpha value is -1.86. The van der Waals surface area contributed by atoms with Crippen molar-refractivity contribution in [2.75, 3.05) is 18.0 Å². The molecule has 130 valence electrons. The molecule has 1 aliphatic rings. The number of aryl methyl sites for hydroxylation is 2. The fraction of sp³-hybridized carbons (Fsp3) is 0.600. The summed E-state index contributed by atoms with van der Waals surface area (Å²) in [4.78, 5) is 14.5. The lowest BCUT2D eigenvalue weighted by atomic mass is 9.86. The molecule has 2 unspecified atom stereocenters. The van der Waals surface area contributed by atoms with Crippen LogP contribution in [0.25, 0.3) is 0 Å². The summed E-state index contributed by atoms with van der Waals surface area (Å²) in [5.41, 5.74) is 3.16. The van der Waals surface area contributed by atoms with Gasteiger partial charge in [0.1, 0.15) is 0 Å². The van der Waals surface area contributed by atoms with Crippen molar-refractivity contribution in [2.24, 2.45) is 5.92 Å². The van der Waals surface area contributed by atoms with Gasteiger partial charge in [0.2, 0.25) is 5.91 Å². The monoisotopic (exact) mass is 327 g/mol. The minimum absolute atomic E-state index is 0.0491. The molecular formula is C20H29N3O. The third-order valence-electron chi connectivity index (χ3n) is 4.89. The Morgan fingerprint density at radius 3 is 2.54 bits per heavy atom. The molecule has 4 nitrogen and oxygen atoms in total. The van der Waals surface area contributed by atoms with Gasteiger partial charge in [0.05, 0.1) is 19.0 Å². The summed E-state index contributed by atoms with van der Waals surface area (Å²) >= 11 is 0. The number of carbonyl (C=O) groups excluding carboxylic acids is 1. The zero-order valence-corrected chi connectivity index (χ0v) is 15.1. The molecule has 1 amide bonds. The zero-order chi connectivity index (χ0) is 17.5. The van der Waals surface area contributed by atoms with Crippen molar-refractivity contribution in [3.63, 3.8) is 0 Å². The van der Waals surface area contributed by atoms with Gasteiger partial charge >= 0.3 is 0 Å². The highest BCUT2D eigenvalue weighted by molar-refractivity contribution is 5.95. The summed E-state index contributed by atoms with van der Waals surface area (Å²) in [6.45, 7) is 7.11. The summed E-state index contributed by atoms with van der Waals surface area (Å²) < 4.78 is 0. The number of benzene rings is 1. The highest BCUT2D eigenvalue weighted by Crippen LogP contribution is 2.24. The van der Waals surface area contributed by atoms with Gasteiger partial charge in [-0.2, -0.15) is 5.26 Å². The number of nitriles is 1. The van der Waals surface area contributed by atoms with Gasteiger partial charge in [-0.15, -0.1) is 0 Å². The number of carbonyl (C=O) groups is 1. The first-order valence-electron chi connectivity index (χ1n) is 9.00. The minimum atomic E-state index is 0.0491. The Bertz CT molecular complexity index is 585.